The smallest absolute Gasteiger partial charge is 0.327 e. The molecule has 1 heterocycles. The fourth-order valence-electron chi connectivity index (χ4n) is 2.56. The maximum atomic E-state index is 12.8. The Kier molecular flexibility index (Phi) is 6.61. The first-order valence-electron chi connectivity index (χ1n) is 7.29. The summed E-state index contributed by atoms with van der Waals surface area (Å²) in [6.45, 7) is 0.142. The van der Waals surface area contributed by atoms with Gasteiger partial charge in [-0.15, -0.1) is 0 Å². The SMILES string of the molecule is O=C(O)[C@H](CS)NC(=O)[C@@H]1CCCN1S(=O)(=O)c1cc(Cl)cc(Cl)c1. The predicted octanol–water partition coefficient (Wildman–Crippen LogP) is 1.65. The second-order valence-corrected chi connectivity index (χ2v) is 8.59. The number of halogens is 2. The van der Waals surface area contributed by atoms with Crippen LogP contribution in [0, 0.1) is 0 Å². The number of sulfonamides is 1. The Morgan fingerprint density at radius 2 is 1.92 bits per heavy atom. The monoisotopic (exact) mass is 426 g/mol. The summed E-state index contributed by atoms with van der Waals surface area (Å²) in [5.74, 6) is -2.02. The van der Waals surface area contributed by atoms with Crippen LogP contribution in [0.4, 0.5) is 0 Å². The van der Waals surface area contributed by atoms with E-state index in [-0.39, 0.29) is 33.7 Å². The standard InChI is InChI=1S/C14H16Cl2N2O5S2/c15-8-4-9(16)6-10(5-8)25(22,23)18-3-1-2-12(18)13(19)17-11(7-24)14(20)21/h4-6,11-12,24H,1-3,7H2,(H,17,19)(H,20,21)/t11-,12-/m0/s1. The van der Waals surface area contributed by atoms with Crippen molar-refractivity contribution in [1.29, 1.82) is 0 Å². The summed E-state index contributed by atoms with van der Waals surface area (Å²) in [7, 11) is -4.00. The Bertz CT molecular complexity index is 767. The van der Waals surface area contributed by atoms with E-state index in [9.17, 15) is 18.0 Å². The highest BCUT2D eigenvalue weighted by Gasteiger charge is 2.40. The number of amides is 1. The van der Waals surface area contributed by atoms with Crippen molar-refractivity contribution in [1.82, 2.24) is 9.62 Å². The van der Waals surface area contributed by atoms with E-state index >= 15 is 0 Å². The van der Waals surface area contributed by atoms with Gasteiger partial charge < -0.3 is 10.4 Å². The molecule has 0 aromatic heterocycles. The lowest BCUT2D eigenvalue weighted by Crippen LogP contribution is -2.51. The maximum absolute atomic E-state index is 12.8. The highest BCUT2D eigenvalue weighted by molar-refractivity contribution is 7.89. The Morgan fingerprint density at radius 3 is 2.44 bits per heavy atom. The first-order chi connectivity index (χ1) is 11.7. The zero-order chi connectivity index (χ0) is 18.8. The first-order valence-corrected chi connectivity index (χ1v) is 10.1. The molecule has 1 aliphatic heterocycles. The molecule has 1 amide bonds. The molecule has 138 valence electrons. The molecule has 1 aromatic carbocycles. The summed E-state index contributed by atoms with van der Waals surface area (Å²) in [6, 6.07) is 1.72. The third kappa shape index (κ3) is 4.59. The number of carbonyl (C=O) groups excluding carboxylic acids is 1. The molecule has 2 rings (SSSR count). The minimum absolute atomic E-state index is 0.107. The molecular formula is C14H16Cl2N2O5S2. The van der Waals surface area contributed by atoms with Gasteiger partial charge in [-0.1, -0.05) is 23.2 Å². The predicted molar refractivity (Wildman–Crippen MR) is 96.8 cm³/mol. The summed E-state index contributed by atoms with van der Waals surface area (Å²) in [5.41, 5.74) is 0. The highest BCUT2D eigenvalue weighted by Crippen LogP contribution is 2.29. The quantitative estimate of drug-likeness (QED) is 0.599. The summed E-state index contributed by atoms with van der Waals surface area (Å²) in [5, 5.41) is 11.6. The van der Waals surface area contributed by atoms with E-state index < -0.39 is 34.0 Å². The molecule has 0 unspecified atom stereocenters. The number of nitrogens with one attached hydrogen (secondary N) is 1. The van der Waals surface area contributed by atoms with Crippen LogP contribution in [0.1, 0.15) is 12.8 Å². The number of carbonyl (C=O) groups is 2. The zero-order valence-corrected chi connectivity index (χ0v) is 16.1. The van der Waals surface area contributed by atoms with E-state index in [1.807, 2.05) is 0 Å². The number of benzene rings is 1. The largest absolute Gasteiger partial charge is 0.480 e. The van der Waals surface area contributed by atoms with Crippen molar-refractivity contribution in [2.45, 2.75) is 29.8 Å². The van der Waals surface area contributed by atoms with Crippen LogP contribution in [-0.2, 0) is 19.6 Å². The van der Waals surface area contributed by atoms with E-state index in [4.69, 9.17) is 28.3 Å². The summed E-state index contributed by atoms with van der Waals surface area (Å²) < 4.78 is 26.7. The highest BCUT2D eigenvalue weighted by atomic mass is 35.5. The van der Waals surface area contributed by atoms with Crippen LogP contribution in [0.3, 0.4) is 0 Å². The molecule has 1 aliphatic rings. The van der Waals surface area contributed by atoms with Gasteiger partial charge in [0.2, 0.25) is 15.9 Å². The third-order valence-corrected chi connectivity index (χ3v) is 6.43. The van der Waals surface area contributed by atoms with Crippen molar-refractivity contribution in [3.8, 4) is 0 Å². The molecule has 0 aliphatic carbocycles. The fraction of sp³-hybridized carbons (Fsp3) is 0.429. The number of hydrogen-bond donors (Lipinski definition) is 3. The van der Waals surface area contributed by atoms with Gasteiger partial charge in [-0.25, -0.2) is 13.2 Å². The van der Waals surface area contributed by atoms with Crippen LogP contribution in [0.15, 0.2) is 23.1 Å². The van der Waals surface area contributed by atoms with Crippen LogP contribution < -0.4 is 5.32 Å². The van der Waals surface area contributed by atoms with Gasteiger partial charge in [0, 0.05) is 22.3 Å². The van der Waals surface area contributed by atoms with Crippen molar-refractivity contribution in [3.05, 3.63) is 28.2 Å². The topological polar surface area (TPSA) is 104 Å². The van der Waals surface area contributed by atoms with Crippen molar-refractivity contribution >= 4 is 57.7 Å². The summed E-state index contributed by atoms with van der Waals surface area (Å²) in [6.07, 6.45) is 0.766. The minimum Gasteiger partial charge on any atom is -0.480 e. The van der Waals surface area contributed by atoms with Gasteiger partial charge in [-0.05, 0) is 31.0 Å². The molecule has 1 saturated heterocycles. The van der Waals surface area contributed by atoms with Gasteiger partial charge in [0.1, 0.15) is 12.1 Å². The van der Waals surface area contributed by atoms with Gasteiger partial charge >= 0.3 is 5.97 Å². The number of aliphatic carboxylic acids is 1. The van der Waals surface area contributed by atoms with Crippen molar-refractivity contribution in [3.63, 3.8) is 0 Å². The van der Waals surface area contributed by atoms with Gasteiger partial charge in [-0.3, -0.25) is 4.79 Å². The molecule has 2 atom stereocenters. The summed E-state index contributed by atoms with van der Waals surface area (Å²) >= 11 is 15.6. The molecule has 11 heteroatoms. The minimum atomic E-state index is -4.00. The molecule has 7 nitrogen and oxygen atoms in total. The molecule has 2 N–H and O–H groups in total. The fourth-order valence-corrected chi connectivity index (χ4v) is 5.19. The number of carboxylic acids is 1. The Hall–Kier alpha value is -1.000. The van der Waals surface area contributed by atoms with E-state index in [0.29, 0.717) is 6.42 Å². The lowest BCUT2D eigenvalue weighted by atomic mass is 10.2. The molecule has 0 bridgehead atoms. The second kappa shape index (κ2) is 8.13. The molecule has 1 aromatic rings. The average molecular weight is 427 g/mol. The molecule has 25 heavy (non-hydrogen) atoms. The Labute approximate surface area is 160 Å². The lowest BCUT2D eigenvalue weighted by Gasteiger charge is -2.24. The summed E-state index contributed by atoms with van der Waals surface area (Å²) in [4.78, 5) is 23.3. The van der Waals surface area contributed by atoms with Gasteiger partial charge in [0.05, 0.1) is 4.90 Å². The lowest BCUT2D eigenvalue weighted by molar-refractivity contribution is -0.141. The second-order valence-electron chi connectivity index (χ2n) is 5.46. The Balaban J connectivity index is 2.28. The van der Waals surface area contributed by atoms with Crippen LogP contribution in [0.5, 0.6) is 0 Å². The van der Waals surface area contributed by atoms with E-state index in [0.717, 1.165) is 4.31 Å². The first kappa shape index (κ1) is 20.3. The van der Waals surface area contributed by atoms with Gasteiger partial charge in [-0.2, -0.15) is 16.9 Å². The molecule has 0 radical (unpaired) electrons. The normalized spacial score (nSPS) is 19.6. The van der Waals surface area contributed by atoms with E-state index in [1.165, 1.54) is 18.2 Å². The molecule has 0 saturated carbocycles. The number of rotatable bonds is 6. The van der Waals surface area contributed by atoms with Gasteiger partial charge in [0.25, 0.3) is 0 Å². The molecule has 1 fully saturated rings. The molecule has 0 spiro atoms. The third-order valence-electron chi connectivity index (χ3n) is 3.75. The number of thiol groups is 1. The van der Waals surface area contributed by atoms with Crippen LogP contribution in [0.2, 0.25) is 10.0 Å². The van der Waals surface area contributed by atoms with Gasteiger partial charge in [0.15, 0.2) is 0 Å². The van der Waals surface area contributed by atoms with Crippen LogP contribution >= 0.6 is 35.8 Å². The number of carboxylic acid groups (broad SMARTS) is 1. The Morgan fingerprint density at radius 1 is 1.32 bits per heavy atom. The van der Waals surface area contributed by atoms with E-state index in [2.05, 4.69) is 17.9 Å². The van der Waals surface area contributed by atoms with E-state index in [1.54, 1.807) is 0 Å². The van der Waals surface area contributed by atoms with Crippen molar-refractivity contribution < 1.29 is 23.1 Å². The molecular weight excluding hydrogens is 411 g/mol. The average Bonchev–Trinajstić information content (AvgIpc) is 3.01. The van der Waals surface area contributed by atoms with Crippen LogP contribution in [-0.4, -0.2) is 54.1 Å². The van der Waals surface area contributed by atoms with Crippen molar-refractivity contribution in [2.24, 2.45) is 0 Å². The number of nitrogens with zero attached hydrogens (tertiary/aromatic N) is 1. The van der Waals surface area contributed by atoms with Crippen molar-refractivity contribution in [2.75, 3.05) is 12.3 Å². The zero-order valence-electron chi connectivity index (χ0n) is 12.9. The maximum Gasteiger partial charge on any atom is 0.327 e. The number of hydrogen-bond acceptors (Lipinski definition) is 5. The van der Waals surface area contributed by atoms with Crippen LogP contribution in [0.25, 0.3) is 0 Å².